The van der Waals surface area contributed by atoms with Crippen LogP contribution in [-0.2, 0) is 0 Å². The van der Waals surface area contributed by atoms with E-state index in [1.54, 1.807) is 12.4 Å². The zero-order valence-electron chi connectivity index (χ0n) is 11.0. The van der Waals surface area contributed by atoms with Crippen LogP contribution in [0, 0.1) is 0 Å². The number of nitrogens with zero attached hydrogens (tertiary/aromatic N) is 3. The zero-order valence-corrected chi connectivity index (χ0v) is 11.0. The molecule has 1 aliphatic carbocycles. The first-order chi connectivity index (χ1) is 8.72. The fourth-order valence-electron chi connectivity index (χ4n) is 2.35. The third-order valence-electron chi connectivity index (χ3n) is 3.42. The number of aromatic nitrogens is 2. The van der Waals surface area contributed by atoms with Crippen LogP contribution in [0.1, 0.15) is 43.1 Å². The molecule has 0 unspecified atom stereocenters. The summed E-state index contributed by atoms with van der Waals surface area (Å²) in [5.41, 5.74) is 0.422. The Morgan fingerprint density at radius 3 is 2.67 bits per heavy atom. The van der Waals surface area contributed by atoms with Gasteiger partial charge in [0.15, 0.2) is 0 Å². The summed E-state index contributed by atoms with van der Waals surface area (Å²) in [5.74, 6) is 0.676. The van der Waals surface area contributed by atoms with Crippen LogP contribution in [0.2, 0.25) is 0 Å². The fraction of sp³-hybridized carbons (Fsp3) is 0.615. The summed E-state index contributed by atoms with van der Waals surface area (Å²) in [6.45, 7) is 2.79. The second kappa shape index (κ2) is 5.80. The number of carbonyl (C=O) groups is 1. The number of hydrogen-bond acceptors (Lipinski definition) is 4. The molecule has 0 saturated heterocycles. The van der Waals surface area contributed by atoms with Crippen molar-refractivity contribution in [3.8, 4) is 0 Å². The Morgan fingerprint density at radius 2 is 2.11 bits per heavy atom. The van der Waals surface area contributed by atoms with E-state index in [0.29, 0.717) is 17.6 Å². The maximum Gasteiger partial charge on any atom is 0.274 e. The van der Waals surface area contributed by atoms with E-state index in [9.17, 15) is 4.79 Å². The normalized spacial score (nSPS) is 15.7. The van der Waals surface area contributed by atoms with Gasteiger partial charge in [-0.05, 0) is 19.8 Å². The standard InChI is InChI=1S/C13H20N4O/c1-3-14-12-9-15-11(8-16-12)13(18)17(2)10-6-4-5-7-10/h8-10H,3-7H2,1-2H3,(H,14,16). The van der Waals surface area contributed by atoms with Gasteiger partial charge in [-0.1, -0.05) is 12.8 Å². The summed E-state index contributed by atoms with van der Waals surface area (Å²) in [6, 6.07) is 0.368. The van der Waals surface area contributed by atoms with E-state index in [0.717, 1.165) is 19.4 Å². The highest BCUT2D eigenvalue weighted by Crippen LogP contribution is 2.23. The average molecular weight is 248 g/mol. The Kier molecular flexibility index (Phi) is 4.12. The lowest BCUT2D eigenvalue weighted by Crippen LogP contribution is -2.35. The average Bonchev–Trinajstić information content (AvgIpc) is 2.92. The van der Waals surface area contributed by atoms with Crippen molar-refractivity contribution in [2.24, 2.45) is 0 Å². The van der Waals surface area contributed by atoms with Gasteiger partial charge in [-0.15, -0.1) is 0 Å². The van der Waals surface area contributed by atoms with E-state index in [-0.39, 0.29) is 5.91 Å². The lowest BCUT2D eigenvalue weighted by molar-refractivity contribution is 0.0729. The van der Waals surface area contributed by atoms with Gasteiger partial charge < -0.3 is 10.2 Å². The van der Waals surface area contributed by atoms with Crippen LogP contribution in [0.5, 0.6) is 0 Å². The highest BCUT2D eigenvalue weighted by atomic mass is 16.2. The van der Waals surface area contributed by atoms with E-state index in [1.165, 1.54) is 12.8 Å². The molecule has 1 saturated carbocycles. The Hall–Kier alpha value is -1.65. The maximum absolute atomic E-state index is 12.2. The summed E-state index contributed by atoms with van der Waals surface area (Å²) in [5, 5.41) is 3.06. The minimum atomic E-state index is -0.0301. The predicted octanol–water partition coefficient (Wildman–Crippen LogP) is 1.92. The first kappa shape index (κ1) is 12.8. The molecule has 1 fully saturated rings. The summed E-state index contributed by atoms with van der Waals surface area (Å²) < 4.78 is 0. The van der Waals surface area contributed by atoms with Crippen molar-refractivity contribution >= 4 is 11.7 Å². The Bertz CT molecular complexity index is 398. The molecule has 2 rings (SSSR count). The van der Waals surface area contributed by atoms with Crippen LogP contribution >= 0.6 is 0 Å². The van der Waals surface area contributed by atoms with Gasteiger partial charge in [-0.2, -0.15) is 0 Å². The lowest BCUT2D eigenvalue weighted by atomic mass is 10.2. The van der Waals surface area contributed by atoms with Crippen LogP contribution in [0.3, 0.4) is 0 Å². The van der Waals surface area contributed by atoms with Crippen LogP contribution in [-0.4, -0.2) is 40.4 Å². The quantitative estimate of drug-likeness (QED) is 0.884. The molecule has 0 aromatic carbocycles. The molecule has 5 heteroatoms. The zero-order chi connectivity index (χ0) is 13.0. The van der Waals surface area contributed by atoms with Gasteiger partial charge in [0.05, 0.1) is 12.4 Å². The SMILES string of the molecule is CCNc1cnc(C(=O)N(C)C2CCCC2)cn1. The second-order valence-electron chi connectivity index (χ2n) is 4.67. The summed E-state index contributed by atoms with van der Waals surface area (Å²) in [7, 11) is 1.86. The molecule has 98 valence electrons. The topological polar surface area (TPSA) is 58.1 Å². The summed E-state index contributed by atoms with van der Waals surface area (Å²) >= 11 is 0. The van der Waals surface area contributed by atoms with Gasteiger partial charge in [-0.3, -0.25) is 4.79 Å². The molecule has 1 amide bonds. The number of carbonyl (C=O) groups excluding carboxylic acids is 1. The van der Waals surface area contributed by atoms with E-state index in [4.69, 9.17) is 0 Å². The van der Waals surface area contributed by atoms with E-state index < -0.39 is 0 Å². The van der Waals surface area contributed by atoms with Crippen molar-refractivity contribution < 1.29 is 4.79 Å². The van der Waals surface area contributed by atoms with E-state index in [1.807, 2.05) is 18.9 Å². The molecule has 1 N–H and O–H groups in total. The molecule has 0 atom stereocenters. The van der Waals surface area contributed by atoms with Crippen molar-refractivity contribution in [2.45, 2.75) is 38.6 Å². The fourth-order valence-corrected chi connectivity index (χ4v) is 2.35. The van der Waals surface area contributed by atoms with Crippen LogP contribution in [0.4, 0.5) is 5.82 Å². The molecule has 1 heterocycles. The molecule has 5 nitrogen and oxygen atoms in total. The number of amides is 1. The van der Waals surface area contributed by atoms with E-state index in [2.05, 4.69) is 15.3 Å². The minimum absolute atomic E-state index is 0.0301. The summed E-state index contributed by atoms with van der Waals surface area (Å²) in [6.07, 6.45) is 7.79. The number of anilines is 1. The van der Waals surface area contributed by atoms with Crippen LogP contribution < -0.4 is 5.32 Å². The van der Waals surface area contributed by atoms with Gasteiger partial charge in [0, 0.05) is 19.6 Å². The van der Waals surface area contributed by atoms with Crippen molar-refractivity contribution in [1.82, 2.24) is 14.9 Å². The predicted molar refractivity (Wildman–Crippen MR) is 70.5 cm³/mol. The third-order valence-corrected chi connectivity index (χ3v) is 3.42. The number of rotatable bonds is 4. The maximum atomic E-state index is 12.2. The van der Waals surface area contributed by atoms with Crippen molar-refractivity contribution in [3.05, 3.63) is 18.1 Å². The van der Waals surface area contributed by atoms with Gasteiger partial charge in [0.2, 0.25) is 0 Å². The van der Waals surface area contributed by atoms with Gasteiger partial charge >= 0.3 is 0 Å². The molecule has 0 radical (unpaired) electrons. The number of nitrogens with one attached hydrogen (secondary N) is 1. The summed E-state index contributed by atoms with van der Waals surface area (Å²) in [4.78, 5) is 22.4. The molecule has 0 aliphatic heterocycles. The molecular formula is C13H20N4O. The molecule has 0 spiro atoms. The van der Waals surface area contributed by atoms with Crippen molar-refractivity contribution in [2.75, 3.05) is 18.9 Å². The second-order valence-corrected chi connectivity index (χ2v) is 4.67. The molecule has 1 aromatic rings. The smallest absolute Gasteiger partial charge is 0.274 e. The number of hydrogen-bond donors (Lipinski definition) is 1. The van der Waals surface area contributed by atoms with Crippen LogP contribution in [0.15, 0.2) is 12.4 Å². The Morgan fingerprint density at radius 1 is 1.39 bits per heavy atom. The molecule has 0 bridgehead atoms. The lowest BCUT2D eigenvalue weighted by Gasteiger charge is -2.23. The minimum Gasteiger partial charge on any atom is -0.369 e. The Labute approximate surface area is 108 Å². The molecule has 1 aromatic heterocycles. The first-order valence-electron chi connectivity index (χ1n) is 6.55. The van der Waals surface area contributed by atoms with Crippen molar-refractivity contribution in [1.29, 1.82) is 0 Å². The molecule has 18 heavy (non-hydrogen) atoms. The monoisotopic (exact) mass is 248 g/mol. The van der Waals surface area contributed by atoms with Crippen LogP contribution in [0.25, 0.3) is 0 Å². The highest BCUT2D eigenvalue weighted by Gasteiger charge is 2.24. The highest BCUT2D eigenvalue weighted by molar-refractivity contribution is 5.92. The largest absolute Gasteiger partial charge is 0.369 e. The van der Waals surface area contributed by atoms with Crippen molar-refractivity contribution in [3.63, 3.8) is 0 Å². The van der Waals surface area contributed by atoms with Gasteiger partial charge in [0.25, 0.3) is 5.91 Å². The first-order valence-corrected chi connectivity index (χ1v) is 6.55. The molecule has 1 aliphatic rings. The Balaban J connectivity index is 2.03. The van der Waals surface area contributed by atoms with Gasteiger partial charge in [-0.25, -0.2) is 9.97 Å². The van der Waals surface area contributed by atoms with Gasteiger partial charge in [0.1, 0.15) is 11.5 Å². The third kappa shape index (κ3) is 2.78. The van der Waals surface area contributed by atoms with E-state index >= 15 is 0 Å². The molecular weight excluding hydrogens is 228 g/mol.